The van der Waals surface area contributed by atoms with Gasteiger partial charge in [-0.25, -0.2) is 4.79 Å². The van der Waals surface area contributed by atoms with Gasteiger partial charge in [0.25, 0.3) is 0 Å². The third kappa shape index (κ3) is 4.97. The Labute approximate surface area is 151 Å². The minimum Gasteiger partial charge on any atom is -0.496 e. The minimum atomic E-state index is -1.12. The Hall–Kier alpha value is -2.53. The van der Waals surface area contributed by atoms with E-state index in [0.717, 1.165) is 5.56 Å². The zero-order valence-corrected chi connectivity index (χ0v) is 14.8. The summed E-state index contributed by atoms with van der Waals surface area (Å²) in [6.07, 6.45) is 0.151. The quantitative estimate of drug-likeness (QED) is 0.786. The van der Waals surface area contributed by atoms with Gasteiger partial charge in [-0.2, -0.15) is 0 Å². The van der Waals surface area contributed by atoms with Gasteiger partial charge in [-0.05, 0) is 35.2 Å². The first-order valence-corrected chi connectivity index (χ1v) is 8.20. The highest BCUT2D eigenvalue weighted by Crippen LogP contribution is 2.28. The summed E-state index contributed by atoms with van der Waals surface area (Å²) in [7, 11) is 1.58. The largest absolute Gasteiger partial charge is 0.496 e. The number of benzene rings is 2. The van der Waals surface area contributed by atoms with Crippen molar-refractivity contribution in [2.24, 2.45) is 0 Å². The van der Waals surface area contributed by atoms with Crippen LogP contribution in [0.2, 0.25) is 5.02 Å². The molecule has 5 nitrogen and oxygen atoms in total. The first kappa shape index (κ1) is 18.8. The standard InChI is InChI=1S/C19H20ClNO4/c1-12(15-5-3-4-6-16(15)25-2)11-17(22)21-18(19(23)24)13-7-9-14(20)10-8-13/h3-10,12,18H,11H2,1-2H3,(H,21,22)(H,23,24). The molecule has 0 heterocycles. The fourth-order valence-corrected chi connectivity index (χ4v) is 2.75. The van der Waals surface area contributed by atoms with Gasteiger partial charge < -0.3 is 15.2 Å². The summed E-state index contributed by atoms with van der Waals surface area (Å²) < 4.78 is 5.31. The van der Waals surface area contributed by atoms with Crippen LogP contribution in [0.1, 0.15) is 36.4 Å². The highest BCUT2D eigenvalue weighted by molar-refractivity contribution is 6.30. The van der Waals surface area contributed by atoms with Crippen LogP contribution in [0.5, 0.6) is 5.75 Å². The number of hydrogen-bond acceptors (Lipinski definition) is 3. The molecule has 0 aliphatic carbocycles. The molecule has 2 N–H and O–H groups in total. The lowest BCUT2D eigenvalue weighted by atomic mass is 9.96. The van der Waals surface area contributed by atoms with Gasteiger partial charge in [0.05, 0.1) is 7.11 Å². The third-order valence-corrected chi connectivity index (χ3v) is 4.17. The molecule has 132 valence electrons. The van der Waals surface area contributed by atoms with Crippen LogP contribution in [0.15, 0.2) is 48.5 Å². The predicted octanol–water partition coefficient (Wildman–Crippen LogP) is 3.78. The van der Waals surface area contributed by atoms with Crippen LogP contribution in [-0.2, 0) is 9.59 Å². The molecule has 6 heteroatoms. The average molecular weight is 362 g/mol. The van der Waals surface area contributed by atoms with Gasteiger partial charge in [-0.3, -0.25) is 4.79 Å². The van der Waals surface area contributed by atoms with Gasteiger partial charge in [-0.1, -0.05) is 48.9 Å². The van der Waals surface area contributed by atoms with Crippen LogP contribution in [0.25, 0.3) is 0 Å². The maximum absolute atomic E-state index is 12.3. The number of carbonyl (C=O) groups excluding carboxylic acids is 1. The number of aliphatic carboxylic acids is 1. The molecule has 0 saturated carbocycles. The van der Waals surface area contributed by atoms with Crippen LogP contribution in [0.4, 0.5) is 0 Å². The van der Waals surface area contributed by atoms with E-state index >= 15 is 0 Å². The van der Waals surface area contributed by atoms with Crippen molar-refractivity contribution >= 4 is 23.5 Å². The number of rotatable bonds is 7. The molecule has 2 atom stereocenters. The molecule has 0 bridgehead atoms. The number of ether oxygens (including phenoxy) is 1. The van der Waals surface area contributed by atoms with Crippen molar-refractivity contribution in [1.82, 2.24) is 5.32 Å². The lowest BCUT2D eigenvalue weighted by Crippen LogP contribution is -2.34. The smallest absolute Gasteiger partial charge is 0.330 e. The van der Waals surface area contributed by atoms with Crippen molar-refractivity contribution < 1.29 is 19.4 Å². The van der Waals surface area contributed by atoms with Crippen molar-refractivity contribution in [2.45, 2.75) is 25.3 Å². The first-order chi connectivity index (χ1) is 11.9. The minimum absolute atomic E-state index is 0.115. The third-order valence-electron chi connectivity index (χ3n) is 3.92. The van der Waals surface area contributed by atoms with Crippen LogP contribution < -0.4 is 10.1 Å². The molecular formula is C19H20ClNO4. The van der Waals surface area contributed by atoms with Crippen molar-refractivity contribution in [3.63, 3.8) is 0 Å². The SMILES string of the molecule is COc1ccccc1C(C)CC(=O)NC(C(=O)O)c1ccc(Cl)cc1. The Bertz CT molecular complexity index is 745. The van der Waals surface area contributed by atoms with E-state index in [1.807, 2.05) is 31.2 Å². The second kappa shape index (κ2) is 8.53. The van der Waals surface area contributed by atoms with Crippen molar-refractivity contribution in [1.29, 1.82) is 0 Å². The van der Waals surface area contributed by atoms with Crippen molar-refractivity contribution in [3.05, 3.63) is 64.7 Å². The summed E-state index contributed by atoms with van der Waals surface area (Å²) in [5.74, 6) is -0.882. The number of methoxy groups -OCH3 is 1. The molecule has 0 spiro atoms. The molecule has 0 aliphatic rings. The molecule has 0 fully saturated rings. The van der Waals surface area contributed by atoms with Crippen molar-refractivity contribution in [2.75, 3.05) is 7.11 Å². The maximum Gasteiger partial charge on any atom is 0.330 e. The van der Waals surface area contributed by atoms with Crippen LogP contribution >= 0.6 is 11.6 Å². The highest BCUT2D eigenvalue weighted by Gasteiger charge is 2.23. The molecule has 2 aromatic carbocycles. The van der Waals surface area contributed by atoms with E-state index in [2.05, 4.69) is 5.32 Å². The molecule has 2 rings (SSSR count). The van der Waals surface area contributed by atoms with E-state index in [1.54, 1.807) is 31.4 Å². The first-order valence-electron chi connectivity index (χ1n) is 7.83. The van der Waals surface area contributed by atoms with E-state index in [1.165, 1.54) is 0 Å². The number of nitrogens with one attached hydrogen (secondary N) is 1. The summed E-state index contributed by atoms with van der Waals surface area (Å²) in [6, 6.07) is 12.7. The second-order valence-corrected chi connectivity index (χ2v) is 6.17. The fraction of sp³-hybridized carbons (Fsp3) is 0.263. The molecular weight excluding hydrogens is 342 g/mol. The normalized spacial score (nSPS) is 12.9. The van der Waals surface area contributed by atoms with E-state index in [0.29, 0.717) is 16.3 Å². The lowest BCUT2D eigenvalue weighted by Gasteiger charge is -2.18. The number of halogens is 1. The van der Waals surface area contributed by atoms with Gasteiger partial charge in [0.1, 0.15) is 5.75 Å². The maximum atomic E-state index is 12.3. The molecule has 0 radical (unpaired) electrons. The Balaban J connectivity index is 2.08. The molecule has 0 aromatic heterocycles. The topological polar surface area (TPSA) is 75.6 Å². The number of carboxylic acid groups (broad SMARTS) is 1. The fourth-order valence-electron chi connectivity index (χ4n) is 2.62. The zero-order chi connectivity index (χ0) is 18.4. The van der Waals surface area contributed by atoms with Crippen LogP contribution in [-0.4, -0.2) is 24.1 Å². The number of carbonyl (C=O) groups is 2. The molecule has 2 unspecified atom stereocenters. The van der Waals surface area contributed by atoms with Crippen LogP contribution in [0, 0.1) is 0 Å². The number of hydrogen-bond donors (Lipinski definition) is 2. The Kier molecular flexibility index (Phi) is 6.42. The molecule has 25 heavy (non-hydrogen) atoms. The van der Waals surface area contributed by atoms with Gasteiger partial charge in [0.15, 0.2) is 6.04 Å². The van der Waals surface area contributed by atoms with Gasteiger partial charge in [0, 0.05) is 11.4 Å². The summed E-state index contributed by atoms with van der Waals surface area (Å²) in [6.45, 7) is 1.90. The number of para-hydroxylation sites is 1. The molecule has 0 saturated heterocycles. The number of carboxylic acids is 1. The van der Waals surface area contributed by atoms with E-state index in [9.17, 15) is 14.7 Å². The predicted molar refractivity (Wildman–Crippen MR) is 96.0 cm³/mol. The Morgan fingerprint density at radius 1 is 1.16 bits per heavy atom. The van der Waals surface area contributed by atoms with Crippen LogP contribution in [0.3, 0.4) is 0 Å². The Morgan fingerprint density at radius 3 is 2.40 bits per heavy atom. The summed E-state index contributed by atoms with van der Waals surface area (Å²) in [4.78, 5) is 23.8. The average Bonchev–Trinajstić information content (AvgIpc) is 2.60. The monoisotopic (exact) mass is 361 g/mol. The molecule has 0 aliphatic heterocycles. The van der Waals surface area contributed by atoms with E-state index in [-0.39, 0.29) is 18.2 Å². The summed E-state index contributed by atoms with van der Waals surface area (Å²) in [5.41, 5.74) is 1.37. The van der Waals surface area contributed by atoms with Gasteiger partial charge >= 0.3 is 5.97 Å². The van der Waals surface area contributed by atoms with Gasteiger partial charge in [-0.15, -0.1) is 0 Å². The highest BCUT2D eigenvalue weighted by atomic mass is 35.5. The Morgan fingerprint density at radius 2 is 1.80 bits per heavy atom. The lowest BCUT2D eigenvalue weighted by molar-refractivity contribution is -0.142. The zero-order valence-electron chi connectivity index (χ0n) is 14.0. The second-order valence-electron chi connectivity index (χ2n) is 5.74. The van der Waals surface area contributed by atoms with E-state index < -0.39 is 12.0 Å². The molecule has 2 aromatic rings. The summed E-state index contributed by atoms with van der Waals surface area (Å²) >= 11 is 5.82. The van der Waals surface area contributed by atoms with E-state index in [4.69, 9.17) is 16.3 Å². The van der Waals surface area contributed by atoms with Crippen molar-refractivity contribution in [3.8, 4) is 5.75 Å². The van der Waals surface area contributed by atoms with Gasteiger partial charge in [0.2, 0.25) is 5.91 Å². The molecule has 1 amide bonds. The summed E-state index contributed by atoms with van der Waals surface area (Å²) in [5, 5.41) is 12.5. The number of amides is 1.